The van der Waals surface area contributed by atoms with Crippen LogP contribution in [0.3, 0.4) is 0 Å². The van der Waals surface area contributed by atoms with E-state index in [2.05, 4.69) is 0 Å². The van der Waals surface area contributed by atoms with Gasteiger partial charge in [0, 0.05) is 0 Å². The van der Waals surface area contributed by atoms with Gasteiger partial charge in [0.2, 0.25) is 0 Å². The molecule has 0 N–H and O–H groups in total. The number of hydrogen-bond acceptors (Lipinski definition) is 0. The van der Waals surface area contributed by atoms with Gasteiger partial charge in [-0.15, -0.1) is 22.2 Å². The topological polar surface area (TPSA) is 0 Å². The molecule has 0 atom stereocenters. The summed E-state index contributed by atoms with van der Waals surface area (Å²) in [6.45, 7) is 0.840. The van der Waals surface area contributed by atoms with Crippen LogP contribution >= 0.6 is 68.6 Å². The van der Waals surface area contributed by atoms with E-state index >= 15 is 0 Å². The highest BCUT2D eigenvalue weighted by molar-refractivity contribution is 7.56. The van der Waals surface area contributed by atoms with Crippen LogP contribution in [0.4, 0.5) is 0 Å². The van der Waals surface area contributed by atoms with Crippen LogP contribution in [0, 0.1) is 0 Å². The van der Waals surface area contributed by atoms with Crippen molar-refractivity contribution in [2.75, 3.05) is 0 Å². The van der Waals surface area contributed by atoms with Crippen molar-refractivity contribution in [1.29, 1.82) is 0 Å². The van der Waals surface area contributed by atoms with E-state index in [1.54, 1.807) is 0 Å². The number of rotatable bonds is 4. The summed E-state index contributed by atoms with van der Waals surface area (Å²) in [6, 6.07) is 7.45. The average Bonchev–Trinajstić information content (AvgIpc) is 2.52. The quantitative estimate of drug-likeness (QED) is 0.373. The molecule has 0 saturated heterocycles. The van der Waals surface area contributed by atoms with E-state index < -0.39 is 6.69 Å². The Kier molecular flexibility index (Phi) is 6.64. The lowest BCUT2D eigenvalue weighted by Gasteiger charge is -2.23. The third kappa shape index (κ3) is 3.67. The van der Waals surface area contributed by atoms with Crippen LogP contribution in [0.2, 0.25) is 20.1 Å². The van der Waals surface area contributed by atoms with Gasteiger partial charge in [-0.1, -0.05) is 84.5 Å². The fraction of sp³-hybridized carbons (Fsp3) is 0.250. The average molecular weight is 447 g/mol. The lowest BCUT2D eigenvalue weighted by Crippen LogP contribution is -2.50. The van der Waals surface area contributed by atoms with Crippen LogP contribution in [-0.4, -0.2) is 6.69 Å². The van der Waals surface area contributed by atoms with Gasteiger partial charge in [-0.25, -0.2) is 0 Å². The smallest absolute Gasteiger partial charge is 0.133 e. The first-order valence-electron chi connectivity index (χ1n) is 7.08. The highest BCUT2D eigenvalue weighted by Gasteiger charge is 2.39. The largest absolute Gasteiger partial charge is 0.313 e. The van der Waals surface area contributed by atoms with Crippen molar-refractivity contribution >= 4 is 85.6 Å². The van der Waals surface area contributed by atoms with Crippen molar-refractivity contribution < 1.29 is 0 Å². The summed E-state index contributed by atoms with van der Waals surface area (Å²) < 4.78 is 0. The fourth-order valence-electron chi connectivity index (χ4n) is 2.36. The molecule has 0 aromatic heterocycles. The van der Waals surface area contributed by atoms with Gasteiger partial charge in [0.05, 0.1) is 20.1 Å². The van der Waals surface area contributed by atoms with Gasteiger partial charge in [0.25, 0.3) is 0 Å². The first-order chi connectivity index (χ1) is 10.8. The molecule has 0 fully saturated rings. The van der Waals surface area contributed by atoms with Crippen molar-refractivity contribution in [2.45, 2.75) is 26.7 Å². The molecule has 0 aliphatic carbocycles. The van der Waals surface area contributed by atoms with Gasteiger partial charge >= 0.3 is 6.69 Å². The molecule has 0 unspecified atom stereocenters. The van der Waals surface area contributed by atoms with Gasteiger partial charge in [-0.2, -0.15) is 0 Å². The predicted octanol–water partition coefficient (Wildman–Crippen LogP) is 6.46. The summed E-state index contributed by atoms with van der Waals surface area (Å²) in [4.78, 5) is 0. The SMILES string of the molecule is CCc1ccc([Si](Cl)(Cl)c2ccc(CC)c(Cl)c2Cl)c(Cl)c1Cl. The maximum Gasteiger partial charge on any atom is 0.313 e. The number of aryl methyl sites for hydroxylation is 2. The first kappa shape index (κ1) is 19.7. The molecular formula is C16H14Cl6Si. The molecule has 0 saturated carbocycles. The minimum atomic E-state index is -3.17. The van der Waals surface area contributed by atoms with Crippen molar-refractivity contribution in [3.63, 3.8) is 0 Å². The van der Waals surface area contributed by atoms with E-state index in [-0.39, 0.29) is 0 Å². The Hall–Kier alpha value is 0.397. The van der Waals surface area contributed by atoms with Crippen LogP contribution < -0.4 is 10.4 Å². The molecule has 124 valence electrons. The Morgan fingerprint density at radius 3 is 1.30 bits per heavy atom. The first-order valence-corrected chi connectivity index (χ1v) is 12.6. The van der Waals surface area contributed by atoms with E-state index in [0.717, 1.165) is 24.0 Å². The summed E-state index contributed by atoms with van der Waals surface area (Å²) in [6.07, 6.45) is 1.55. The summed E-state index contributed by atoms with van der Waals surface area (Å²) in [5, 5.41) is 2.97. The van der Waals surface area contributed by atoms with Crippen molar-refractivity contribution in [1.82, 2.24) is 0 Å². The molecule has 7 heteroatoms. The van der Waals surface area contributed by atoms with E-state index in [4.69, 9.17) is 68.6 Å². The van der Waals surface area contributed by atoms with Crippen molar-refractivity contribution in [3.05, 3.63) is 55.5 Å². The van der Waals surface area contributed by atoms with Gasteiger partial charge < -0.3 is 0 Å². The van der Waals surface area contributed by atoms with Crippen LogP contribution in [-0.2, 0) is 12.8 Å². The molecule has 2 aromatic rings. The normalized spacial score (nSPS) is 11.8. The zero-order valence-electron chi connectivity index (χ0n) is 12.5. The second-order valence-corrected chi connectivity index (χ2v) is 12.8. The maximum atomic E-state index is 6.75. The van der Waals surface area contributed by atoms with Crippen LogP contribution in [0.15, 0.2) is 24.3 Å². The van der Waals surface area contributed by atoms with E-state index in [1.807, 2.05) is 38.1 Å². The summed E-state index contributed by atoms with van der Waals surface area (Å²) in [7, 11) is 0. The molecule has 2 rings (SSSR count). The molecular weight excluding hydrogens is 433 g/mol. The Labute approximate surface area is 167 Å². The fourth-order valence-corrected chi connectivity index (χ4v) is 8.48. The van der Waals surface area contributed by atoms with Gasteiger partial charge in [-0.05, 0) is 34.3 Å². The molecule has 0 radical (unpaired) electrons. The highest BCUT2D eigenvalue weighted by atomic mass is 35.7. The number of hydrogen-bond donors (Lipinski definition) is 0. The van der Waals surface area contributed by atoms with Crippen molar-refractivity contribution in [3.8, 4) is 0 Å². The Bertz CT molecular complexity index is 680. The van der Waals surface area contributed by atoms with Gasteiger partial charge in [-0.3, -0.25) is 0 Å². The molecule has 0 bridgehead atoms. The van der Waals surface area contributed by atoms with E-state index in [0.29, 0.717) is 30.5 Å². The lowest BCUT2D eigenvalue weighted by molar-refractivity contribution is 1.14. The van der Waals surface area contributed by atoms with E-state index in [1.165, 1.54) is 0 Å². The predicted molar refractivity (Wildman–Crippen MR) is 108 cm³/mol. The summed E-state index contributed by atoms with van der Waals surface area (Å²) >= 11 is 39.0. The van der Waals surface area contributed by atoms with Crippen LogP contribution in [0.1, 0.15) is 25.0 Å². The third-order valence-corrected chi connectivity index (χ3v) is 10.6. The number of halogens is 6. The highest BCUT2D eigenvalue weighted by Crippen LogP contribution is 2.33. The Morgan fingerprint density at radius 1 is 0.652 bits per heavy atom. The second kappa shape index (κ2) is 7.74. The summed E-state index contributed by atoms with van der Waals surface area (Å²) in [5.41, 5.74) is 1.90. The maximum absolute atomic E-state index is 6.75. The van der Waals surface area contributed by atoms with Gasteiger partial charge in [0.1, 0.15) is 0 Å². The monoisotopic (exact) mass is 444 g/mol. The lowest BCUT2D eigenvalue weighted by atomic mass is 10.2. The summed E-state index contributed by atoms with van der Waals surface area (Å²) in [5.74, 6) is 0. The van der Waals surface area contributed by atoms with E-state index in [9.17, 15) is 0 Å². The molecule has 2 aromatic carbocycles. The molecule has 0 aliphatic rings. The zero-order valence-corrected chi connectivity index (χ0v) is 18.0. The van der Waals surface area contributed by atoms with Crippen LogP contribution in [0.25, 0.3) is 0 Å². The number of benzene rings is 2. The minimum Gasteiger partial charge on any atom is -0.133 e. The Balaban J connectivity index is 2.64. The molecule has 0 nitrogen and oxygen atoms in total. The standard InChI is InChI=1S/C16H14Cl6Si/c1-3-9-5-7-11(15(19)13(9)17)23(21,22)12-8-6-10(4-2)14(18)16(12)20/h5-8H,3-4H2,1-2H3. The third-order valence-electron chi connectivity index (χ3n) is 3.76. The molecule has 0 heterocycles. The zero-order chi connectivity index (χ0) is 17.4. The molecule has 0 spiro atoms. The second-order valence-electron chi connectivity index (χ2n) is 5.08. The minimum absolute atomic E-state index is 0.384. The Morgan fingerprint density at radius 2 is 1.00 bits per heavy atom. The van der Waals surface area contributed by atoms with Crippen molar-refractivity contribution in [2.24, 2.45) is 0 Å². The molecule has 0 aliphatic heterocycles. The molecule has 0 amide bonds. The molecule has 23 heavy (non-hydrogen) atoms. The van der Waals surface area contributed by atoms with Crippen LogP contribution in [0.5, 0.6) is 0 Å². The van der Waals surface area contributed by atoms with Gasteiger partial charge in [0.15, 0.2) is 0 Å².